The lowest BCUT2D eigenvalue weighted by molar-refractivity contribution is -0.155. The van der Waals surface area contributed by atoms with Crippen molar-refractivity contribution in [1.29, 1.82) is 0 Å². The van der Waals surface area contributed by atoms with E-state index in [1.807, 2.05) is 10.6 Å². The van der Waals surface area contributed by atoms with E-state index < -0.39 is 181 Å². The van der Waals surface area contributed by atoms with E-state index >= 15 is 0 Å². The molecule has 0 saturated carbocycles. The highest BCUT2D eigenvalue weighted by molar-refractivity contribution is 6.18. The Balaban J connectivity index is 2.77. The highest BCUT2D eigenvalue weighted by Gasteiger charge is 2.41. The quantitative estimate of drug-likeness (QED) is 0.0162. The third kappa shape index (κ3) is 27.2. The van der Waals surface area contributed by atoms with Gasteiger partial charge in [0.1, 0.15) is 60.3 Å². The smallest absolute Gasteiger partial charge is 0.335 e. The van der Waals surface area contributed by atoms with Gasteiger partial charge in [-0.25, -0.2) is 9.59 Å². The Morgan fingerprint density at radius 2 is 1.26 bits per heavy atom. The molecule has 0 aromatic heterocycles. The lowest BCUT2D eigenvalue weighted by atomic mass is 10.0. The average Bonchev–Trinajstić information content (AvgIpc) is 3.67. The number of halogens is 1. The summed E-state index contributed by atoms with van der Waals surface area (Å²) >= 11 is 5.88. The topological polar surface area (TPSA) is 531 Å². The van der Waals surface area contributed by atoms with Crippen molar-refractivity contribution in [3.8, 4) is 5.75 Å². The molecule has 33 heteroatoms. The molecule has 1 heterocycles. The molecule has 1 aromatic carbocycles. The van der Waals surface area contributed by atoms with Gasteiger partial charge in [0.2, 0.25) is 47.3 Å². The molecule has 21 N–H and O–H groups in total. The van der Waals surface area contributed by atoms with Crippen LogP contribution in [-0.4, -0.2) is 213 Å². The number of rotatable bonds is 28. The number of carbonyl (C=O) groups excluding carboxylic acids is 10. The standard InChI is InChI=1S/C55H87ClN12O20/c1-4-6-7-8-9-12-22-87-32-15-13-14-30(24-32)23-31(70)25-40(72)60-38-28-88-55(86)43(39(71)27-56)67-53(83)44(45(75)54(84)85)68-46(76)33(5-2)61-52(82)42(29(3)69)66-49(79)36(18-21-59)63-47(77)34(16-10-11-19-57)62-50(80)37(26-41(73)74)65-48(78)35(17-20-58)64-51(38)81/h5,13-15,24,29,31,34-39,42-45,69-71,75H,4,6-12,16-23,25-28,57-59H2,1-3H3,(H,60,72)(H,61,82)(H,62,80)(H,63,77)(H,64,81)(H,65,78)(H,66,79)(H,67,83)(H,68,76)(H,73,74)(H,84,85)/b33-5-/t29-,31?,34-,35-,36-,37-,38+,39-,42+,43-,44+,45+/m1/s1. The molecule has 2 rings (SSSR count). The van der Waals surface area contributed by atoms with Gasteiger partial charge < -0.3 is 105 Å². The van der Waals surface area contributed by atoms with E-state index in [1.165, 1.54) is 0 Å². The molecule has 1 unspecified atom stereocenters. The van der Waals surface area contributed by atoms with Crippen LogP contribution >= 0.6 is 11.6 Å². The maximum absolute atomic E-state index is 14.3. The molecule has 0 aliphatic carbocycles. The summed E-state index contributed by atoms with van der Waals surface area (Å²) in [4.78, 5) is 163. The fourth-order valence-corrected chi connectivity index (χ4v) is 8.79. The molecular weight excluding hydrogens is 1180 g/mol. The van der Waals surface area contributed by atoms with Gasteiger partial charge in [0.15, 0.2) is 12.1 Å². The number of carboxylic acids is 2. The minimum Gasteiger partial charge on any atom is -0.494 e. The molecule has 0 radical (unpaired) electrons. The predicted octanol–water partition coefficient (Wildman–Crippen LogP) is -5.10. The molecule has 1 aromatic rings. The number of carbonyl (C=O) groups is 12. The van der Waals surface area contributed by atoms with E-state index in [4.69, 9.17) is 38.3 Å². The van der Waals surface area contributed by atoms with Crippen molar-refractivity contribution in [3.05, 3.63) is 41.6 Å². The summed E-state index contributed by atoms with van der Waals surface area (Å²) in [5, 5.41) is 82.6. The van der Waals surface area contributed by atoms with Gasteiger partial charge in [0, 0.05) is 0 Å². The normalized spacial score (nSPS) is 23.7. The van der Waals surface area contributed by atoms with Crippen molar-refractivity contribution in [2.75, 3.05) is 38.7 Å². The molecule has 1 fully saturated rings. The SMILES string of the molecule is C/C=C1\NC(=O)[C@H]([C@@H](C)O)NC(=O)[C@@H](CCN)NC(=O)[C@@H](CCCCN)NC(=O)[C@@H](CC(=O)O)NC(=O)[C@@H](CCN)NC(=O)[C@@H](NC(=O)CC(O)Cc2cccc(OCCCCCCCC)c2)COC(=O)[C@@H]([C@H](O)CCl)NC(=O)[C@H]([C@H](O)C(=O)O)NC1=O. The van der Waals surface area contributed by atoms with Crippen molar-refractivity contribution in [3.63, 3.8) is 0 Å². The molecule has 0 bridgehead atoms. The summed E-state index contributed by atoms with van der Waals surface area (Å²) in [5.74, 6) is -17.5. The van der Waals surface area contributed by atoms with Gasteiger partial charge in [0.25, 0.3) is 5.91 Å². The van der Waals surface area contributed by atoms with Crippen LogP contribution in [0.15, 0.2) is 36.0 Å². The van der Waals surface area contributed by atoms with Gasteiger partial charge >= 0.3 is 17.9 Å². The maximum atomic E-state index is 14.3. The minimum absolute atomic E-state index is 0.114. The van der Waals surface area contributed by atoms with E-state index in [1.54, 1.807) is 24.3 Å². The van der Waals surface area contributed by atoms with Gasteiger partial charge in [-0.1, -0.05) is 57.2 Å². The molecule has 0 spiro atoms. The van der Waals surface area contributed by atoms with E-state index in [9.17, 15) is 88.2 Å². The number of cyclic esters (lactones) is 1. The van der Waals surface area contributed by atoms with Gasteiger partial charge in [0.05, 0.1) is 43.6 Å². The number of esters is 1. The molecule has 1 aliphatic heterocycles. The Labute approximate surface area is 513 Å². The number of amides is 9. The molecule has 9 amide bonds. The number of ether oxygens (including phenoxy) is 2. The third-order valence-electron chi connectivity index (χ3n) is 13.5. The van der Waals surface area contributed by atoms with E-state index in [2.05, 4.69) is 44.1 Å². The average molecular weight is 1270 g/mol. The summed E-state index contributed by atoms with van der Waals surface area (Å²) in [7, 11) is 0. The summed E-state index contributed by atoms with van der Waals surface area (Å²) in [6, 6.07) is -9.29. The number of aliphatic hydroxyl groups excluding tert-OH is 4. The number of allylic oxidation sites excluding steroid dienone is 1. The number of carboxylic acid groups (broad SMARTS) is 2. The second-order valence-corrected chi connectivity index (χ2v) is 21.0. The molecule has 32 nitrogen and oxygen atoms in total. The molecule has 1 saturated heterocycles. The summed E-state index contributed by atoms with van der Waals surface area (Å²) in [6.45, 7) is 2.97. The van der Waals surface area contributed by atoms with E-state index in [-0.39, 0.29) is 51.7 Å². The van der Waals surface area contributed by atoms with Crippen molar-refractivity contribution < 1.29 is 97.6 Å². The number of alkyl halides is 1. The lowest BCUT2D eigenvalue weighted by Gasteiger charge is -2.28. The van der Waals surface area contributed by atoms with Gasteiger partial charge in [-0.05, 0) is 96.1 Å². The third-order valence-corrected chi connectivity index (χ3v) is 13.8. The number of nitrogens with two attached hydrogens (primary N) is 3. The Hall–Kier alpha value is -7.59. The zero-order valence-corrected chi connectivity index (χ0v) is 50.2. The monoisotopic (exact) mass is 1270 g/mol. The van der Waals surface area contributed by atoms with Crippen molar-refractivity contribution in [1.82, 2.24) is 47.9 Å². The second kappa shape index (κ2) is 40.8. The van der Waals surface area contributed by atoms with Crippen LogP contribution in [-0.2, 0) is 68.7 Å². The highest BCUT2D eigenvalue weighted by atomic mass is 35.5. The molecule has 88 heavy (non-hydrogen) atoms. The van der Waals surface area contributed by atoms with Crippen LogP contribution in [0.25, 0.3) is 0 Å². The predicted molar refractivity (Wildman–Crippen MR) is 312 cm³/mol. The fourth-order valence-electron chi connectivity index (χ4n) is 8.61. The number of benzene rings is 1. The fraction of sp³-hybridized carbons (Fsp3) is 0.636. The van der Waals surface area contributed by atoms with Gasteiger partial charge in [-0.2, -0.15) is 0 Å². The van der Waals surface area contributed by atoms with Crippen LogP contribution in [0.5, 0.6) is 5.75 Å². The number of aliphatic carboxylic acids is 2. The minimum atomic E-state index is -2.85. The highest BCUT2D eigenvalue weighted by Crippen LogP contribution is 2.17. The summed E-state index contributed by atoms with van der Waals surface area (Å²) < 4.78 is 11.2. The second-order valence-electron chi connectivity index (χ2n) is 20.7. The first kappa shape index (κ1) is 76.5. The van der Waals surface area contributed by atoms with Crippen molar-refractivity contribution in [2.45, 2.75) is 183 Å². The first-order valence-electron chi connectivity index (χ1n) is 28.9. The van der Waals surface area contributed by atoms with Crippen LogP contribution in [0.2, 0.25) is 0 Å². The van der Waals surface area contributed by atoms with Gasteiger partial charge in [-0.15, -0.1) is 11.6 Å². The maximum Gasteiger partial charge on any atom is 0.335 e. The Morgan fingerprint density at radius 1 is 0.693 bits per heavy atom. The Morgan fingerprint density at radius 3 is 1.83 bits per heavy atom. The van der Waals surface area contributed by atoms with Crippen LogP contribution in [0.3, 0.4) is 0 Å². The number of unbranched alkanes of at least 4 members (excludes halogenated alkanes) is 6. The first-order valence-corrected chi connectivity index (χ1v) is 29.4. The largest absolute Gasteiger partial charge is 0.494 e. The molecule has 494 valence electrons. The Bertz CT molecular complexity index is 2550. The van der Waals surface area contributed by atoms with E-state index in [0.717, 1.165) is 58.4 Å². The van der Waals surface area contributed by atoms with Crippen LogP contribution in [0.1, 0.15) is 110 Å². The van der Waals surface area contributed by atoms with Crippen LogP contribution < -0.4 is 69.8 Å². The number of hydrogen-bond donors (Lipinski definition) is 18. The molecule has 12 atom stereocenters. The summed E-state index contributed by atoms with van der Waals surface area (Å²) in [5.41, 5.74) is 17.0. The van der Waals surface area contributed by atoms with Gasteiger partial charge in [-0.3, -0.25) is 47.9 Å². The summed E-state index contributed by atoms with van der Waals surface area (Å²) in [6.07, 6.45) is -3.62. The van der Waals surface area contributed by atoms with Crippen molar-refractivity contribution >= 4 is 82.7 Å². The first-order chi connectivity index (χ1) is 41.7. The van der Waals surface area contributed by atoms with E-state index in [0.29, 0.717) is 17.9 Å². The zero-order chi connectivity index (χ0) is 66.0. The number of hydrogen-bond acceptors (Lipinski definition) is 21. The van der Waals surface area contributed by atoms with Crippen LogP contribution in [0, 0.1) is 0 Å². The lowest BCUT2D eigenvalue weighted by Crippen LogP contribution is -2.62. The van der Waals surface area contributed by atoms with Crippen molar-refractivity contribution in [2.24, 2.45) is 17.2 Å². The Kier molecular flexibility index (Phi) is 35.5. The zero-order valence-electron chi connectivity index (χ0n) is 49.5. The molecule has 1 aliphatic rings. The molecular formula is C55H87ClN12O20. The number of aliphatic hydroxyl groups is 4. The van der Waals surface area contributed by atoms with Crippen LogP contribution in [0.4, 0.5) is 0 Å². The number of nitrogens with one attached hydrogen (secondary N) is 9.